The Morgan fingerprint density at radius 3 is 2.42 bits per heavy atom. The van der Waals surface area contributed by atoms with Gasteiger partial charge in [-0.2, -0.15) is 0 Å². The van der Waals surface area contributed by atoms with Gasteiger partial charge in [0, 0.05) is 6.42 Å². The zero-order chi connectivity index (χ0) is 13.8. The Morgan fingerprint density at radius 2 is 1.74 bits per heavy atom. The van der Waals surface area contributed by atoms with Gasteiger partial charge in [-0.3, -0.25) is 4.79 Å². The summed E-state index contributed by atoms with van der Waals surface area (Å²) in [6.07, 6.45) is 0.541. The molecule has 0 saturated carbocycles. The third-order valence-electron chi connectivity index (χ3n) is 2.81. The lowest BCUT2D eigenvalue weighted by atomic mass is 10.0. The molecule has 0 aliphatic rings. The van der Waals surface area contributed by atoms with Crippen molar-refractivity contribution in [1.82, 2.24) is 0 Å². The molecule has 2 aromatic rings. The van der Waals surface area contributed by atoms with E-state index in [1.807, 2.05) is 30.3 Å². The van der Waals surface area contributed by atoms with Crippen LogP contribution in [0.15, 0.2) is 46.9 Å². The van der Waals surface area contributed by atoms with Crippen molar-refractivity contribution in [3.63, 3.8) is 0 Å². The second-order valence-corrected chi connectivity index (χ2v) is 4.98. The zero-order valence-corrected chi connectivity index (χ0v) is 11.6. The Kier molecular flexibility index (Phi) is 4.43. The van der Waals surface area contributed by atoms with Gasteiger partial charge in [0.25, 0.3) is 0 Å². The average molecular weight is 325 g/mol. The number of ketones is 1. The van der Waals surface area contributed by atoms with E-state index in [2.05, 4.69) is 15.9 Å². The number of hydrogen-bond acceptors (Lipinski definition) is 1. The van der Waals surface area contributed by atoms with Gasteiger partial charge in [-0.15, -0.1) is 0 Å². The highest BCUT2D eigenvalue weighted by Gasteiger charge is 2.19. The van der Waals surface area contributed by atoms with Crippen LogP contribution < -0.4 is 0 Å². The minimum Gasteiger partial charge on any atom is -0.294 e. The SMILES string of the molecule is O=C(CCc1ccccc1)c1c(F)ccc(Br)c1F. The van der Waals surface area contributed by atoms with Crippen molar-refractivity contribution >= 4 is 21.7 Å². The summed E-state index contributed by atoms with van der Waals surface area (Å²) in [7, 11) is 0. The van der Waals surface area contributed by atoms with Gasteiger partial charge >= 0.3 is 0 Å². The van der Waals surface area contributed by atoms with Crippen LogP contribution in [0.3, 0.4) is 0 Å². The summed E-state index contributed by atoms with van der Waals surface area (Å²) >= 11 is 2.95. The Bertz CT molecular complexity index is 597. The Labute approximate surface area is 118 Å². The molecule has 0 radical (unpaired) electrons. The Morgan fingerprint density at radius 1 is 1.05 bits per heavy atom. The highest BCUT2D eigenvalue weighted by atomic mass is 79.9. The van der Waals surface area contributed by atoms with Crippen molar-refractivity contribution in [2.75, 3.05) is 0 Å². The maximum Gasteiger partial charge on any atom is 0.169 e. The van der Waals surface area contributed by atoms with Gasteiger partial charge in [-0.1, -0.05) is 30.3 Å². The second kappa shape index (κ2) is 6.06. The molecule has 0 unspecified atom stereocenters. The first-order valence-electron chi connectivity index (χ1n) is 5.80. The molecule has 0 N–H and O–H groups in total. The highest BCUT2D eigenvalue weighted by Crippen LogP contribution is 2.23. The fourth-order valence-electron chi connectivity index (χ4n) is 1.81. The lowest BCUT2D eigenvalue weighted by Crippen LogP contribution is -2.07. The number of hydrogen-bond donors (Lipinski definition) is 0. The predicted molar refractivity (Wildman–Crippen MR) is 73.2 cm³/mol. The molecule has 0 saturated heterocycles. The molecule has 2 aromatic carbocycles. The van der Waals surface area contributed by atoms with E-state index < -0.39 is 23.0 Å². The molecular weight excluding hydrogens is 314 g/mol. The molecule has 98 valence electrons. The minimum atomic E-state index is -0.835. The fraction of sp³-hybridized carbons (Fsp3) is 0.133. The third kappa shape index (κ3) is 3.26. The molecular formula is C15H11BrF2O. The molecule has 19 heavy (non-hydrogen) atoms. The molecule has 0 fully saturated rings. The smallest absolute Gasteiger partial charge is 0.169 e. The van der Waals surface area contributed by atoms with E-state index in [0.717, 1.165) is 11.6 Å². The maximum absolute atomic E-state index is 13.7. The summed E-state index contributed by atoms with van der Waals surface area (Å²) in [5.41, 5.74) is 0.497. The molecule has 1 nitrogen and oxygen atoms in total. The van der Waals surface area contributed by atoms with E-state index in [1.165, 1.54) is 6.07 Å². The fourth-order valence-corrected chi connectivity index (χ4v) is 2.14. The van der Waals surface area contributed by atoms with Crippen LogP contribution in [-0.2, 0) is 6.42 Å². The summed E-state index contributed by atoms with van der Waals surface area (Å²) < 4.78 is 27.4. The first-order chi connectivity index (χ1) is 9.09. The molecule has 0 atom stereocenters. The van der Waals surface area contributed by atoms with Crippen molar-refractivity contribution < 1.29 is 13.6 Å². The van der Waals surface area contributed by atoms with Crippen LogP contribution in [0.25, 0.3) is 0 Å². The molecule has 2 rings (SSSR count). The van der Waals surface area contributed by atoms with E-state index in [-0.39, 0.29) is 10.9 Å². The third-order valence-corrected chi connectivity index (χ3v) is 3.42. The molecule has 0 aliphatic heterocycles. The van der Waals surface area contributed by atoms with Crippen LogP contribution in [-0.4, -0.2) is 5.78 Å². The quantitative estimate of drug-likeness (QED) is 0.596. The molecule has 0 bridgehead atoms. The zero-order valence-electron chi connectivity index (χ0n) is 10.00. The summed E-state index contributed by atoms with van der Waals surface area (Å²) in [4.78, 5) is 11.9. The molecule has 0 aromatic heterocycles. The molecule has 4 heteroatoms. The van der Waals surface area contributed by atoms with Crippen LogP contribution in [0.4, 0.5) is 8.78 Å². The number of Topliss-reactive ketones (excluding diaryl/α,β-unsaturated/α-hetero) is 1. The van der Waals surface area contributed by atoms with E-state index in [0.29, 0.717) is 6.42 Å². The highest BCUT2D eigenvalue weighted by molar-refractivity contribution is 9.10. The van der Waals surface area contributed by atoms with Gasteiger partial charge in [0.15, 0.2) is 11.6 Å². The number of benzene rings is 2. The van der Waals surface area contributed by atoms with Gasteiger partial charge in [-0.25, -0.2) is 8.78 Å². The van der Waals surface area contributed by atoms with Crippen molar-refractivity contribution in [3.8, 4) is 0 Å². The number of carbonyl (C=O) groups is 1. The van der Waals surface area contributed by atoms with Crippen LogP contribution in [0.2, 0.25) is 0 Å². The van der Waals surface area contributed by atoms with E-state index in [9.17, 15) is 13.6 Å². The van der Waals surface area contributed by atoms with Gasteiger partial charge < -0.3 is 0 Å². The maximum atomic E-state index is 13.7. The standard InChI is InChI=1S/C15H11BrF2O/c16-11-7-8-12(17)14(15(11)18)13(19)9-6-10-4-2-1-3-5-10/h1-5,7-8H,6,9H2. The molecule has 0 amide bonds. The molecule has 0 heterocycles. The Hall–Kier alpha value is -1.55. The first-order valence-corrected chi connectivity index (χ1v) is 6.59. The number of carbonyl (C=O) groups excluding carboxylic acids is 1. The van der Waals surface area contributed by atoms with Gasteiger partial charge in [0.1, 0.15) is 5.82 Å². The molecule has 0 aliphatic carbocycles. The average Bonchev–Trinajstić information content (AvgIpc) is 2.42. The van der Waals surface area contributed by atoms with E-state index >= 15 is 0 Å². The van der Waals surface area contributed by atoms with Crippen molar-refractivity contribution in [2.24, 2.45) is 0 Å². The lowest BCUT2D eigenvalue weighted by Gasteiger charge is -2.06. The van der Waals surface area contributed by atoms with Crippen molar-refractivity contribution in [1.29, 1.82) is 0 Å². The van der Waals surface area contributed by atoms with E-state index in [1.54, 1.807) is 0 Å². The normalized spacial score (nSPS) is 10.5. The summed E-state index contributed by atoms with van der Waals surface area (Å²) in [6.45, 7) is 0. The largest absolute Gasteiger partial charge is 0.294 e. The predicted octanol–water partition coefficient (Wildman–Crippen LogP) is 4.54. The van der Waals surface area contributed by atoms with Crippen molar-refractivity contribution in [2.45, 2.75) is 12.8 Å². The van der Waals surface area contributed by atoms with Crippen LogP contribution in [0.1, 0.15) is 22.3 Å². The first kappa shape index (κ1) is 13.9. The lowest BCUT2D eigenvalue weighted by molar-refractivity contribution is 0.0974. The van der Waals surface area contributed by atoms with Gasteiger partial charge in [0.05, 0.1) is 10.0 Å². The minimum absolute atomic E-state index is 0.0777. The topological polar surface area (TPSA) is 17.1 Å². The molecule has 0 spiro atoms. The second-order valence-electron chi connectivity index (χ2n) is 4.13. The Balaban J connectivity index is 2.15. The van der Waals surface area contributed by atoms with Gasteiger partial charge in [0.2, 0.25) is 0 Å². The number of aryl methyl sites for hydroxylation is 1. The monoisotopic (exact) mass is 324 g/mol. The van der Waals surface area contributed by atoms with E-state index in [4.69, 9.17) is 0 Å². The van der Waals surface area contributed by atoms with Crippen molar-refractivity contribution in [3.05, 3.63) is 69.7 Å². The van der Waals surface area contributed by atoms with Crippen LogP contribution in [0, 0.1) is 11.6 Å². The van der Waals surface area contributed by atoms with Gasteiger partial charge in [-0.05, 0) is 40.0 Å². The summed E-state index contributed by atoms with van der Waals surface area (Å²) in [5, 5.41) is 0. The summed E-state index contributed by atoms with van der Waals surface area (Å²) in [6, 6.07) is 11.7. The van der Waals surface area contributed by atoms with Crippen LogP contribution >= 0.6 is 15.9 Å². The van der Waals surface area contributed by atoms with Crippen LogP contribution in [0.5, 0.6) is 0 Å². The number of rotatable bonds is 4. The number of halogens is 3. The summed E-state index contributed by atoms with van der Waals surface area (Å²) in [5.74, 6) is -2.18.